The minimum atomic E-state index is -2.22. The highest BCUT2D eigenvalue weighted by molar-refractivity contribution is 8.30. The van der Waals surface area contributed by atoms with Crippen LogP contribution < -0.4 is 0 Å². The molecule has 8 rings (SSSR count). The monoisotopic (exact) mass is 524 g/mol. The van der Waals surface area contributed by atoms with Gasteiger partial charge in [0, 0.05) is 14.7 Å². The maximum Gasteiger partial charge on any atom is 0.323 e. The summed E-state index contributed by atoms with van der Waals surface area (Å²) in [4.78, 5) is 17.9. The molecule has 0 spiro atoms. The molecule has 5 fully saturated rings. The molecule has 0 N–H and O–H groups in total. The van der Waals surface area contributed by atoms with E-state index in [-0.39, 0.29) is 11.4 Å². The average Bonchev–Trinajstić information content (AvgIpc) is 2.97. The smallest absolute Gasteiger partial charge is 0.323 e. The lowest BCUT2D eigenvalue weighted by Crippen LogP contribution is -2.50. The maximum atomic E-state index is 14.5. The minimum absolute atomic E-state index is 0.0654. The van der Waals surface area contributed by atoms with Gasteiger partial charge in [0.2, 0.25) is 0 Å². The topological polar surface area (TPSA) is 26.3 Å². The summed E-state index contributed by atoms with van der Waals surface area (Å²) in [7, 11) is -2.22. The second-order valence-corrected chi connectivity index (χ2v) is 15.3. The van der Waals surface area contributed by atoms with E-state index in [4.69, 9.17) is 4.18 Å². The first-order valence-electron chi connectivity index (χ1n) is 14.9. The molecule has 0 amide bonds. The molecule has 198 valence electrons. The van der Waals surface area contributed by atoms with E-state index in [1.165, 1.54) is 56.9 Å². The number of carbonyl (C=O) groups excluding carboxylic acids is 1. The van der Waals surface area contributed by atoms with Crippen molar-refractivity contribution in [1.29, 1.82) is 0 Å². The van der Waals surface area contributed by atoms with Gasteiger partial charge < -0.3 is 4.18 Å². The highest BCUT2D eigenvalue weighted by Gasteiger charge is 2.57. The van der Waals surface area contributed by atoms with Crippen molar-refractivity contribution in [3.05, 3.63) is 90.5 Å². The third kappa shape index (κ3) is 4.22. The lowest BCUT2D eigenvalue weighted by Gasteiger charge is -2.56. The van der Waals surface area contributed by atoms with E-state index in [9.17, 15) is 4.79 Å². The van der Waals surface area contributed by atoms with Gasteiger partial charge >= 0.3 is 5.97 Å². The van der Waals surface area contributed by atoms with Crippen molar-refractivity contribution in [2.75, 3.05) is 0 Å². The first-order valence-corrected chi connectivity index (χ1v) is 16.5. The molecule has 5 saturated carbocycles. The fourth-order valence-electron chi connectivity index (χ4n) is 8.71. The van der Waals surface area contributed by atoms with Gasteiger partial charge in [-0.15, -0.1) is 0 Å². The van der Waals surface area contributed by atoms with Crippen LogP contribution in [0, 0.1) is 23.2 Å². The molecule has 0 atom stereocenters. The second kappa shape index (κ2) is 9.90. The van der Waals surface area contributed by atoms with Crippen LogP contribution in [0.3, 0.4) is 0 Å². The Hall–Kier alpha value is -2.52. The molecular weight excluding hydrogens is 484 g/mol. The zero-order chi connectivity index (χ0) is 25.6. The number of hydrogen-bond donors (Lipinski definition) is 0. The van der Waals surface area contributed by atoms with Crippen molar-refractivity contribution >= 4 is 16.3 Å². The summed E-state index contributed by atoms with van der Waals surface area (Å²) < 4.78 is 7.11. The summed E-state index contributed by atoms with van der Waals surface area (Å²) in [5.74, 6) is 2.85. The standard InChI is InChI=1S/C35H40O2S/c36-34(35-23-26-20-27(24-35)22-28(21-26)25-35)37-38(31-12-6-2-7-13-31,32-14-8-3-9-15-32)33-18-16-30(17-19-33)29-10-4-1-5-11-29/h2-3,6-9,12-19,26-29H,1,4-5,10-11,20-25H2. The molecular formula is C35H40O2S. The first kappa shape index (κ1) is 24.5. The number of hydrogen-bond acceptors (Lipinski definition) is 2. The van der Waals surface area contributed by atoms with Crippen molar-refractivity contribution in [2.45, 2.75) is 91.2 Å². The maximum absolute atomic E-state index is 14.5. The lowest BCUT2D eigenvalue weighted by atomic mass is 9.49. The summed E-state index contributed by atoms with van der Waals surface area (Å²) in [6.07, 6.45) is 13.7. The summed E-state index contributed by atoms with van der Waals surface area (Å²) in [6.45, 7) is 0. The van der Waals surface area contributed by atoms with E-state index in [0.29, 0.717) is 23.7 Å². The van der Waals surface area contributed by atoms with Crippen LogP contribution >= 0.6 is 10.3 Å². The van der Waals surface area contributed by atoms with Crippen LogP contribution in [0.2, 0.25) is 0 Å². The Bertz CT molecular complexity index is 1190. The molecule has 0 unspecified atom stereocenters. The van der Waals surface area contributed by atoms with Crippen LogP contribution in [0.4, 0.5) is 0 Å². The highest BCUT2D eigenvalue weighted by atomic mass is 32.3. The molecule has 3 heteroatoms. The van der Waals surface area contributed by atoms with Crippen LogP contribution in [0.5, 0.6) is 0 Å². The molecule has 0 heterocycles. The van der Waals surface area contributed by atoms with E-state index in [1.807, 2.05) is 0 Å². The van der Waals surface area contributed by atoms with Crippen LogP contribution in [-0.2, 0) is 8.98 Å². The van der Waals surface area contributed by atoms with Gasteiger partial charge in [0.1, 0.15) is 0 Å². The van der Waals surface area contributed by atoms with Crippen molar-refractivity contribution in [3.63, 3.8) is 0 Å². The lowest BCUT2D eigenvalue weighted by molar-refractivity contribution is -0.160. The Balaban J connectivity index is 1.33. The molecule has 0 aliphatic heterocycles. The first-order chi connectivity index (χ1) is 18.6. The van der Waals surface area contributed by atoms with E-state index >= 15 is 0 Å². The molecule has 3 aromatic rings. The molecule has 4 bridgehead atoms. The van der Waals surface area contributed by atoms with E-state index in [1.54, 1.807) is 0 Å². The Kier molecular flexibility index (Phi) is 6.39. The Morgan fingerprint density at radius 1 is 0.632 bits per heavy atom. The van der Waals surface area contributed by atoms with Crippen molar-refractivity contribution < 1.29 is 8.98 Å². The molecule has 0 aromatic heterocycles. The van der Waals surface area contributed by atoms with E-state index < -0.39 is 10.3 Å². The van der Waals surface area contributed by atoms with Gasteiger partial charge in [0.15, 0.2) is 0 Å². The number of rotatable bonds is 6. The van der Waals surface area contributed by atoms with Crippen LogP contribution in [0.25, 0.3) is 0 Å². The largest absolute Gasteiger partial charge is 0.402 e. The number of benzene rings is 3. The van der Waals surface area contributed by atoms with Gasteiger partial charge in [-0.1, -0.05) is 67.8 Å². The molecule has 2 nitrogen and oxygen atoms in total. The van der Waals surface area contributed by atoms with Crippen LogP contribution in [0.15, 0.2) is 99.6 Å². The van der Waals surface area contributed by atoms with Crippen LogP contribution in [-0.4, -0.2) is 5.97 Å². The van der Waals surface area contributed by atoms with Crippen molar-refractivity contribution in [3.8, 4) is 0 Å². The van der Waals surface area contributed by atoms with Gasteiger partial charge in [0.05, 0.1) is 5.41 Å². The predicted molar refractivity (Wildman–Crippen MR) is 154 cm³/mol. The third-order valence-corrected chi connectivity index (χ3v) is 13.3. The van der Waals surface area contributed by atoms with Crippen LogP contribution in [0.1, 0.15) is 82.1 Å². The fraction of sp³-hybridized carbons (Fsp3) is 0.457. The normalized spacial score (nSPS) is 29.2. The summed E-state index contributed by atoms with van der Waals surface area (Å²) in [5, 5.41) is 0. The molecule has 3 aromatic carbocycles. The summed E-state index contributed by atoms with van der Waals surface area (Å²) >= 11 is 0. The Morgan fingerprint density at radius 3 is 1.61 bits per heavy atom. The minimum Gasteiger partial charge on any atom is -0.402 e. The molecule has 0 saturated heterocycles. The van der Waals surface area contributed by atoms with E-state index in [0.717, 1.165) is 33.9 Å². The second-order valence-electron chi connectivity index (χ2n) is 12.7. The van der Waals surface area contributed by atoms with Crippen molar-refractivity contribution in [2.24, 2.45) is 23.2 Å². The van der Waals surface area contributed by atoms with Crippen molar-refractivity contribution in [1.82, 2.24) is 0 Å². The van der Waals surface area contributed by atoms with Gasteiger partial charge in [-0.05, 0) is 127 Å². The molecule has 5 aliphatic rings. The fourth-order valence-corrected chi connectivity index (χ4v) is 11.8. The highest BCUT2D eigenvalue weighted by Crippen LogP contribution is 2.71. The number of carbonyl (C=O) groups is 1. The Labute approximate surface area is 229 Å². The summed E-state index contributed by atoms with van der Waals surface area (Å²) in [6, 6.07) is 30.4. The average molecular weight is 525 g/mol. The van der Waals surface area contributed by atoms with Gasteiger partial charge in [0.25, 0.3) is 0 Å². The Morgan fingerprint density at radius 2 is 1.11 bits per heavy atom. The molecule has 5 aliphatic carbocycles. The van der Waals surface area contributed by atoms with E-state index in [2.05, 4.69) is 84.9 Å². The molecule has 0 radical (unpaired) electrons. The molecule has 38 heavy (non-hydrogen) atoms. The zero-order valence-electron chi connectivity index (χ0n) is 22.4. The van der Waals surface area contributed by atoms with Gasteiger partial charge in [-0.2, -0.15) is 0 Å². The third-order valence-electron chi connectivity index (χ3n) is 10.1. The van der Waals surface area contributed by atoms with Gasteiger partial charge in [-0.3, -0.25) is 4.79 Å². The quantitative estimate of drug-likeness (QED) is 0.321. The summed E-state index contributed by atoms with van der Waals surface area (Å²) in [5.41, 5.74) is 1.15. The SMILES string of the molecule is O=C(OS(c1ccccc1)(c1ccccc1)c1ccc(C2CCCCC2)cc1)C12CC3CC(CC(C3)C1)C2. The zero-order valence-corrected chi connectivity index (χ0v) is 23.2. The van der Waals surface area contributed by atoms with Gasteiger partial charge in [-0.25, -0.2) is 0 Å². The predicted octanol–water partition coefficient (Wildman–Crippen LogP) is 9.69.